The molecule has 0 N–H and O–H groups in total. The highest BCUT2D eigenvalue weighted by Gasteiger charge is 2.30. The van der Waals surface area contributed by atoms with E-state index >= 15 is 0 Å². The molecule has 1 aliphatic carbocycles. The Morgan fingerprint density at radius 2 is 2.00 bits per heavy atom. The van der Waals surface area contributed by atoms with Crippen molar-refractivity contribution in [3.05, 3.63) is 16.4 Å². The molecule has 2 aliphatic rings. The fourth-order valence-corrected chi connectivity index (χ4v) is 3.73. The maximum absolute atomic E-state index is 12.4. The monoisotopic (exact) mass is 338 g/mol. The lowest BCUT2D eigenvalue weighted by Gasteiger charge is -2.31. The molecule has 0 unspecified atom stereocenters. The van der Waals surface area contributed by atoms with Crippen molar-refractivity contribution < 1.29 is 4.79 Å². The molecule has 0 atom stereocenters. The maximum atomic E-state index is 12.4. The topological polar surface area (TPSA) is 41.4 Å². The summed E-state index contributed by atoms with van der Waals surface area (Å²) in [7, 11) is 1.90. The van der Waals surface area contributed by atoms with Gasteiger partial charge >= 0.3 is 0 Å². The molecular weight excluding hydrogens is 312 g/mol. The number of aryl methyl sites for hydroxylation is 2. The van der Waals surface area contributed by atoms with Gasteiger partial charge in [-0.15, -0.1) is 0 Å². The third-order valence-corrected chi connectivity index (χ3v) is 5.70. The molecule has 2 heterocycles. The molecule has 0 bridgehead atoms. The van der Waals surface area contributed by atoms with E-state index in [0.29, 0.717) is 11.8 Å². The first kappa shape index (κ1) is 16.8. The Hall–Kier alpha value is -1.07. The van der Waals surface area contributed by atoms with Gasteiger partial charge in [0.05, 0.1) is 5.69 Å². The molecule has 1 saturated heterocycles. The zero-order chi connectivity index (χ0) is 16.4. The highest BCUT2D eigenvalue weighted by atomic mass is 35.5. The predicted molar refractivity (Wildman–Crippen MR) is 91.4 cm³/mol. The number of carbonyl (C=O) groups is 1. The van der Waals surface area contributed by atoms with Crippen LogP contribution >= 0.6 is 11.6 Å². The Bertz CT molecular complexity index is 567. The summed E-state index contributed by atoms with van der Waals surface area (Å²) >= 11 is 6.41. The van der Waals surface area contributed by atoms with Crippen molar-refractivity contribution in [1.29, 1.82) is 0 Å². The summed E-state index contributed by atoms with van der Waals surface area (Å²) in [6.07, 6.45) is 5.33. The Morgan fingerprint density at radius 3 is 2.65 bits per heavy atom. The lowest BCUT2D eigenvalue weighted by Crippen LogP contribution is -2.41. The second kappa shape index (κ2) is 7.22. The van der Waals surface area contributed by atoms with Gasteiger partial charge in [-0.05, 0) is 25.7 Å². The van der Waals surface area contributed by atoms with Crippen LogP contribution in [0.5, 0.6) is 0 Å². The average Bonchev–Trinajstić information content (AvgIpc) is 2.68. The van der Waals surface area contributed by atoms with Gasteiger partial charge in [0.25, 0.3) is 0 Å². The Kier molecular flexibility index (Phi) is 5.27. The van der Waals surface area contributed by atoms with Crippen LogP contribution in [0.1, 0.15) is 43.9 Å². The van der Waals surface area contributed by atoms with Gasteiger partial charge in [-0.3, -0.25) is 14.4 Å². The lowest BCUT2D eigenvalue weighted by molar-refractivity contribution is -0.138. The molecule has 0 radical (unpaired) electrons. The van der Waals surface area contributed by atoms with Gasteiger partial charge in [0, 0.05) is 51.3 Å². The molecule has 2 fully saturated rings. The quantitative estimate of drug-likeness (QED) is 0.847. The van der Waals surface area contributed by atoms with Crippen LogP contribution in [0, 0.1) is 5.92 Å². The van der Waals surface area contributed by atoms with Gasteiger partial charge in [0.1, 0.15) is 5.15 Å². The Morgan fingerprint density at radius 1 is 1.22 bits per heavy atom. The second-order valence-corrected chi connectivity index (χ2v) is 7.13. The largest absolute Gasteiger partial charge is 0.341 e. The van der Waals surface area contributed by atoms with E-state index in [-0.39, 0.29) is 0 Å². The van der Waals surface area contributed by atoms with Crippen molar-refractivity contribution >= 4 is 17.5 Å². The van der Waals surface area contributed by atoms with Gasteiger partial charge in [-0.25, -0.2) is 0 Å². The van der Waals surface area contributed by atoms with Crippen LogP contribution in [0.2, 0.25) is 5.15 Å². The number of hydrogen-bond donors (Lipinski definition) is 0. The van der Waals surface area contributed by atoms with Crippen LogP contribution in [-0.2, 0) is 24.8 Å². The van der Waals surface area contributed by atoms with Gasteiger partial charge in [-0.1, -0.05) is 24.9 Å². The Labute approximate surface area is 143 Å². The van der Waals surface area contributed by atoms with Crippen LogP contribution in [0.3, 0.4) is 0 Å². The molecule has 1 aromatic rings. The van der Waals surface area contributed by atoms with E-state index in [0.717, 1.165) is 74.8 Å². The second-order valence-electron chi connectivity index (χ2n) is 6.78. The van der Waals surface area contributed by atoms with Crippen molar-refractivity contribution in [1.82, 2.24) is 19.6 Å². The van der Waals surface area contributed by atoms with Crippen molar-refractivity contribution in [2.45, 2.75) is 45.6 Å². The molecule has 0 spiro atoms. The number of rotatable bonds is 4. The molecule has 6 heteroatoms. The van der Waals surface area contributed by atoms with Crippen LogP contribution in [-0.4, -0.2) is 51.7 Å². The summed E-state index contributed by atoms with van der Waals surface area (Å²) in [5, 5.41) is 5.24. The molecule has 5 nitrogen and oxygen atoms in total. The fourth-order valence-electron chi connectivity index (χ4n) is 3.53. The number of aromatic nitrogens is 2. The average molecular weight is 339 g/mol. The SMILES string of the molecule is CCc1nn(C)c(Cl)c1CN1CCCN(C(=O)C2CCC2)CC1. The van der Waals surface area contributed by atoms with Crippen LogP contribution in [0.15, 0.2) is 0 Å². The highest BCUT2D eigenvalue weighted by Crippen LogP contribution is 2.29. The van der Waals surface area contributed by atoms with E-state index < -0.39 is 0 Å². The van der Waals surface area contributed by atoms with Crippen LogP contribution < -0.4 is 0 Å². The van der Waals surface area contributed by atoms with Crippen LogP contribution in [0.25, 0.3) is 0 Å². The predicted octanol–water partition coefficient (Wildman–Crippen LogP) is 2.47. The van der Waals surface area contributed by atoms with E-state index in [1.165, 1.54) is 6.42 Å². The van der Waals surface area contributed by atoms with Gasteiger partial charge in [-0.2, -0.15) is 5.10 Å². The maximum Gasteiger partial charge on any atom is 0.225 e. The normalized spacial score (nSPS) is 20.4. The zero-order valence-electron chi connectivity index (χ0n) is 14.2. The van der Waals surface area contributed by atoms with Gasteiger partial charge in [0.15, 0.2) is 0 Å². The minimum atomic E-state index is 0.306. The molecule has 23 heavy (non-hydrogen) atoms. The summed E-state index contributed by atoms with van der Waals surface area (Å²) in [4.78, 5) is 16.9. The summed E-state index contributed by atoms with van der Waals surface area (Å²) < 4.78 is 1.76. The standard InChI is InChI=1S/C17H27ClN4O/c1-3-15-14(16(18)20(2)19-15)12-21-8-5-9-22(11-10-21)17(23)13-6-4-7-13/h13H,3-12H2,1-2H3. The van der Waals surface area contributed by atoms with E-state index in [9.17, 15) is 4.79 Å². The highest BCUT2D eigenvalue weighted by molar-refractivity contribution is 6.30. The van der Waals surface area contributed by atoms with Crippen molar-refractivity contribution in [2.75, 3.05) is 26.2 Å². The first-order valence-electron chi connectivity index (χ1n) is 8.81. The number of amides is 1. The lowest BCUT2D eigenvalue weighted by atomic mass is 9.84. The van der Waals surface area contributed by atoms with Crippen molar-refractivity contribution in [3.63, 3.8) is 0 Å². The molecule has 1 amide bonds. The minimum absolute atomic E-state index is 0.306. The molecule has 1 saturated carbocycles. The smallest absolute Gasteiger partial charge is 0.225 e. The minimum Gasteiger partial charge on any atom is -0.341 e. The zero-order valence-corrected chi connectivity index (χ0v) is 15.0. The fraction of sp³-hybridized carbons (Fsp3) is 0.765. The van der Waals surface area contributed by atoms with E-state index in [2.05, 4.69) is 21.8 Å². The first-order valence-corrected chi connectivity index (χ1v) is 9.19. The molecule has 1 aliphatic heterocycles. The van der Waals surface area contributed by atoms with Crippen molar-refractivity contribution in [3.8, 4) is 0 Å². The van der Waals surface area contributed by atoms with E-state index in [1.54, 1.807) is 4.68 Å². The number of carbonyl (C=O) groups excluding carboxylic acids is 1. The molecule has 1 aromatic heterocycles. The third-order valence-electron chi connectivity index (χ3n) is 5.22. The summed E-state index contributed by atoms with van der Waals surface area (Å²) in [6.45, 7) is 6.63. The molecule has 0 aromatic carbocycles. The molecule has 3 rings (SSSR count). The summed E-state index contributed by atoms with van der Waals surface area (Å²) in [5.74, 6) is 0.688. The van der Waals surface area contributed by atoms with Gasteiger partial charge < -0.3 is 4.90 Å². The Balaban J connectivity index is 1.61. The number of hydrogen-bond acceptors (Lipinski definition) is 3. The van der Waals surface area contributed by atoms with E-state index in [1.807, 2.05) is 7.05 Å². The van der Waals surface area contributed by atoms with Crippen molar-refractivity contribution in [2.24, 2.45) is 13.0 Å². The summed E-state index contributed by atoms with van der Waals surface area (Å²) in [5.41, 5.74) is 2.24. The molecular formula is C17H27ClN4O. The third kappa shape index (κ3) is 3.56. The van der Waals surface area contributed by atoms with Crippen LogP contribution in [0.4, 0.5) is 0 Å². The number of nitrogens with zero attached hydrogens (tertiary/aromatic N) is 4. The number of halogens is 1. The van der Waals surface area contributed by atoms with E-state index in [4.69, 9.17) is 11.6 Å². The van der Waals surface area contributed by atoms with Gasteiger partial charge in [0.2, 0.25) is 5.91 Å². The molecule has 128 valence electrons. The first-order chi connectivity index (χ1) is 11.1. The summed E-state index contributed by atoms with van der Waals surface area (Å²) in [6, 6.07) is 0.